The summed E-state index contributed by atoms with van der Waals surface area (Å²) >= 11 is 0. The normalized spacial score (nSPS) is 30.3. The van der Waals surface area contributed by atoms with E-state index in [4.69, 9.17) is 10.5 Å². The molecular formula is C13H14FN5O4. The molecule has 5 N–H and O–H groups in total. The second-order valence-corrected chi connectivity index (χ2v) is 5.07. The van der Waals surface area contributed by atoms with Gasteiger partial charge in [0.05, 0.1) is 12.9 Å². The van der Waals surface area contributed by atoms with E-state index < -0.39 is 36.3 Å². The average Bonchev–Trinajstić information content (AvgIpc) is 3.01. The molecule has 0 aliphatic carbocycles. The summed E-state index contributed by atoms with van der Waals surface area (Å²) in [4.78, 5) is 21.9. The van der Waals surface area contributed by atoms with Gasteiger partial charge in [-0.2, -0.15) is 4.98 Å². The Hall–Kier alpha value is -2.48. The van der Waals surface area contributed by atoms with Crippen LogP contribution in [-0.4, -0.2) is 54.2 Å². The van der Waals surface area contributed by atoms with Crippen molar-refractivity contribution in [2.45, 2.75) is 31.0 Å². The summed E-state index contributed by atoms with van der Waals surface area (Å²) in [6.07, 6.45) is -3.15. The van der Waals surface area contributed by atoms with Crippen LogP contribution in [-0.2, 0) is 4.74 Å². The number of rotatable bonds is 2. The zero-order chi connectivity index (χ0) is 16.8. The molecule has 0 aromatic carbocycles. The van der Waals surface area contributed by atoms with E-state index in [1.165, 1.54) is 6.92 Å². The van der Waals surface area contributed by atoms with Crippen LogP contribution in [0.25, 0.3) is 11.2 Å². The van der Waals surface area contributed by atoms with Crippen molar-refractivity contribution in [1.29, 1.82) is 0 Å². The second kappa shape index (κ2) is 5.31. The lowest BCUT2D eigenvalue weighted by Gasteiger charge is -2.23. The number of anilines is 1. The highest BCUT2D eigenvalue weighted by Gasteiger charge is 2.57. The van der Waals surface area contributed by atoms with E-state index in [9.17, 15) is 15.0 Å². The van der Waals surface area contributed by atoms with Gasteiger partial charge < -0.3 is 20.7 Å². The summed E-state index contributed by atoms with van der Waals surface area (Å²) in [6.45, 7) is 0.807. The van der Waals surface area contributed by atoms with Crippen molar-refractivity contribution in [3.8, 4) is 11.8 Å². The van der Waals surface area contributed by atoms with E-state index >= 15 is 4.39 Å². The Labute approximate surface area is 128 Å². The van der Waals surface area contributed by atoms with Crippen LogP contribution in [0, 0.1) is 11.8 Å². The lowest BCUT2D eigenvalue weighted by molar-refractivity contribution is -0.0504. The zero-order valence-electron chi connectivity index (χ0n) is 12.0. The summed E-state index contributed by atoms with van der Waals surface area (Å²) in [5.41, 5.74) is 2.33. The van der Waals surface area contributed by atoms with Gasteiger partial charge in [0.15, 0.2) is 17.4 Å². The fourth-order valence-electron chi connectivity index (χ4n) is 2.61. The van der Waals surface area contributed by atoms with E-state index in [2.05, 4.69) is 26.8 Å². The molecule has 0 amide bonds. The van der Waals surface area contributed by atoms with Gasteiger partial charge in [-0.25, -0.2) is 9.37 Å². The molecule has 3 rings (SSSR count). The third-order valence-corrected chi connectivity index (χ3v) is 3.65. The highest BCUT2D eigenvalue weighted by Crippen LogP contribution is 2.42. The smallest absolute Gasteiger partial charge is 0.280 e. The Morgan fingerprint density at radius 1 is 1.65 bits per heavy atom. The summed E-state index contributed by atoms with van der Waals surface area (Å²) in [7, 11) is 0. The van der Waals surface area contributed by atoms with E-state index in [1.54, 1.807) is 0 Å². The van der Waals surface area contributed by atoms with Crippen LogP contribution in [0.4, 0.5) is 10.3 Å². The number of aromatic nitrogens is 4. The number of nitrogens with two attached hydrogens (primary N) is 1. The van der Waals surface area contributed by atoms with Crippen LogP contribution < -0.4 is 11.3 Å². The third kappa shape index (κ3) is 2.17. The molecule has 0 bridgehead atoms. The van der Waals surface area contributed by atoms with Crippen molar-refractivity contribution in [3.05, 3.63) is 16.7 Å². The predicted octanol–water partition coefficient (Wildman–Crippen LogP) is -1.32. The van der Waals surface area contributed by atoms with Crippen LogP contribution in [0.1, 0.15) is 13.2 Å². The topological polar surface area (TPSA) is 139 Å². The Morgan fingerprint density at radius 2 is 2.39 bits per heavy atom. The van der Waals surface area contributed by atoms with Crippen LogP contribution in [0.3, 0.4) is 0 Å². The molecule has 1 aliphatic heterocycles. The molecule has 9 nitrogen and oxygen atoms in total. The van der Waals surface area contributed by atoms with Crippen molar-refractivity contribution in [1.82, 2.24) is 19.5 Å². The minimum Gasteiger partial charge on any atom is -0.394 e. The van der Waals surface area contributed by atoms with Crippen LogP contribution >= 0.6 is 0 Å². The summed E-state index contributed by atoms with van der Waals surface area (Å²) in [6, 6.07) is 0. The molecule has 23 heavy (non-hydrogen) atoms. The van der Waals surface area contributed by atoms with E-state index in [1.807, 2.05) is 0 Å². The highest BCUT2D eigenvalue weighted by molar-refractivity contribution is 5.70. The van der Waals surface area contributed by atoms with Crippen molar-refractivity contribution in [2.24, 2.45) is 0 Å². The van der Waals surface area contributed by atoms with Gasteiger partial charge in [0.25, 0.3) is 5.56 Å². The van der Waals surface area contributed by atoms with Gasteiger partial charge in [-0.1, -0.05) is 5.92 Å². The van der Waals surface area contributed by atoms with Crippen LogP contribution in [0.2, 0.25) is 0 Å². The molecule has 0 radical (unpaired) electrons. The average molecular weight is 323 g/mol. The van der Waals surface area contributed by atoms with Crippen LogP contribution in [0.5, 0.6) is 0 Å². The van der Waals surface area contributed by atoms with Gasteiger partial charge in [0.2, 0.25) is 11.6 Å². The molecule has 2 aromatic rings. The molecule has 3 heterocycles. The standard InChI is InChI=1S/C13H14FN5O4/c1-2-3-13(14)8(21)6(4-20)23-11(13)19-5-16-7-9(19)17-12(15)18-10(7)22/h5-6,8,11,20-21H,4H2,1H3,(H3,15,17,18,22)/t6-,8+,11-,13?/m1/s1. The maximum Gasteiger partial charge on any atom is 0.280 e. The van der Waals surface area contributed by atoms with Crippen molar-refractivity contribution >= 4 is 17.1 Å². The monoisotopic (exact) mass is 323 g/mol. The number of nitrogens with one attached hydrogen (secondary N) is 1. The first-order chi connectivity index (χ1) is 10.9. The third-order valence-electron chi connectivity index (χ3n) is 3.65. The van der Waals surface area contributed by atoms with Gasteiger partial charge in [-0.3, -0.25) is 14.3 Å². The SMILES string of the molecule is CC#CC1(F)[C@@H](O)[C@@H](CO)O[C@H]1n1cnc2c(=O)[nH]c(N)nc21. The molecule has 1 aliphatic rings. The van der Waals surface area contributed by atoms with Gasteiger partial charge in [0.1, 0.15) is 12.2 Å². The number of hydrogen-bond acceptors (Lipinski definition) is 7. The summed E-state index contributed by atoms with van der Waals surface area (Å²) < 4.78 is 21.8. The number of H-pyrrole nitrogens is 1. The minimum absolute atomic E-state index is 0.0121. The fraction of sp³-hybridized carbons (Fsp3) is 0.462. The number of aliphatic hydroxyl groups excluding tert-OH is 2. The first kappa shape index (κ1) is 15.4. The number of alkyl halides is 1. The number of halogens is 1. The fourth-order valence-corrected chi connectivity index (χ4v) is 2.61. The number of nitrogen functional groups attached to an aromatic ring is 1. The largest absolute Gasteiger partial charge is 0.394 e. The Balaban J connectivity index is 2.20. The highest BCUT2D eigenvalue weighted by atomic mass is 19.1. The Bertz CT molecular complexity index is 869. The Morgan fingerprint density at radius 3 is 3.04 bits per heavy atom. The molecule has 0 saturated carbocycles. The molecule has 1 saturated heterocycles. The number of hydrogen-bond donors (Lipinski definition) is 4. The quantitative estimate of drug-likeness (QED) is 0.503. The Kier molecular flexibility index (Phi) is 3.56. The minimum atomic E-state index is -2.51. The first-order valence-corrected chi connectivity index (χ1v) is 6.72. The maximum atomic E-state index is 15.2. The molecule has 1 fully saturated rings. The first-order valence-electron chi connectivity index (χ1n) is 6.72. The molecule has 4 atom stereocenters. The van der Waals surface area contributed by atoms with Crippen molar-refractivity contribution < 1.29 is 19.3 Å². The summed E-state index contributed by atoms with van der Waals surface area (Å²) in [5.74, 6) is 4.49. The second-order valence-electron chi connectivity index (χ2n) is 5.07. The number of aliphatic hydroxyl groups is 2. The maximum absolute atomic E-state index is 15.2. The summed E-state index contributed by atoms with van der Waals surface area (Å²) in [5, 5.41) is 19.3. The van der Waals surface area contributed by atoms with Gasteiger partial charge in [-0.05, 0) is 6.92 Å². The van der Waals surface area contributed by atoms with Crippen molar-refractivity contribution in [3.63, 3.8) is 0 Å². The van der Waals surface area contributed by atoms with E-state index in [0.717, 1.165) is 10.9 Å². The number of imidazole rings is 1. The van der Waals surface area contributed by atoms with Crippen LogP contribution in [0.15, 0.2) is 11.1 Å². The number of fused-ring (bicyclic) bond motifs is 1. The van der Waals surface area contributed by atoms with Gasteiger partial charge in [-0.15, -0.1) is 5.92 Å². The van der Waals surface area contributed by atoms with Gasteiger partial charge >= 0.3 is 0 Å². The molecular weight excluding hydrogens is 309 g/mol. The van der Waals surface area contributed by atoms with Crippen molar-refractivity contribution in [2.75, 3.05) is 12.3 Å². The predicted molar refractivity (Wildman–Crippen MR) is 76.9 cm³/mol. The number of aromatic amines is 1. The lowest BCUT2D eigenvalue weighted by Crippen LogP contribution is -2.42. The molecule has 1 unspecified atom stereocenters. The zero-order valence-corrected chi connectivity index (χ0v) is 12.0. The van der Waals surface area contributed by atoms with E-state index in [0.29, 0.717) is 0 Å². The molecule has 10 heteroatoms. The number of nitrogens with zero attached hydrogens (tertiary/aromatic N) is 3. The molecule has 122 valence electrons. The molecule has 2 aromatic heterocycles. The lowest BCUT2D eigenvalue weighted by atomic mass is 9.96. The number of ether oxygens (including phenoxy) is 1. The molecule has 0 spiro atoms. The van der Waals surface area contributed by atoms with E-state index in [-0.39, 0.29) is 17.1 Å². The van der Waals surface area contributed by atoms with Gasteiger partial charge in [0, 0.05) is 0 Å².